The van der Waals surface area contributed by atoms with E-state index in [-0.39, 0.29) is 21.8 Å². The predicted octanol–water partition coefficient (Wildman–Crippen LogP) is 3.13. The molecule has 18 heavy (non-hydrogen) atoms. The van der Waals surface area contributed by atoms with E-state index in [4.69, 9.17) is 5.26 Å². The molecule has 0 aliphatic rings. The first-order valence-electron chi connectivity index (χ1n) is 4.75. The number of anilines is 2. The summed E-state index contributed by atoms with van der Waals surface area (Å²) in [5.41, 5.74) is 0.160. The van der Waals surface area contributed by atoms with E-state index in [1.54, 1.807) is 0 Å². The lowest BCUT2D eigenvalue weighted by molar-refractivity contribution is 0.581. The van der Waals surface area contributed by atoms with E-state index in [0.717, 1.165) is 6.07 Å². The third-order valence-electron chi connectivity index (χ3n) is 2.03. The highest BCUT2D eigenvalue weighted by Crippen LogP contribution is 2.25. The highest BCUT2D eigenvalue weighted by molar-refractivity contribution is 9.10. The van der Waals surface area contributed by atoms with Gasteiger partial charge in [0.2, 0.25) is 5.95 Å². The molecule has 0 atom stereocenters. The van der Waals surface area contributed by atoms with Gasteiger partial charge >= 0.3 is 0 Å². The molecule has 1 aromatic heterocycles. The van der Waals surface area contributed by atoms with Crippen LogP contribution in [0.4, 0.5) is 20.4 Å². The van der Waals surface area contributed by atoms with E-state index in [1.807, 2.05) is 6.07 Å². The molecule has 90 valence electrons. The zero-order valence-electron chi connectivity index (χ0n) is 8.78. The fraction of sp³-hybridized carbons (Fsp3) is 0. The average Bonchev–Trinajstić information content (AvgIpc) is 2.36. The van der Waals surface area contributed by atoms with Gasteiger partial charge in [0.15, 0.2) is 0 Å². The van der Waals surface area contributed by atoms with Crippen LogP contribution >= 0.6 is 15.9 Å². The maximum absolute atomic E-state index is 13.5. The Bertz CT molecular complexity index is 639. The summed E-state index contributed by atoms with van der Waals surface area (Å²) < 4.78 is 26.6. The van der Waals surface area contributed by atoms with Crippen molar-refractivity contribution < 1.29 is 8.78 Å². The van der Waals surface area contributed by atoms with Crippen LogP contribution in [0.1, 0.15) is 5.69 Å². The summed E-state index contributed by atoms with van der Waals surface area (Å²) in [6.07, 6.45) is 1.37. The molecule has 1 heterocycles. The summed E-state index contributed by atoms with van der Waals surface area (Å²) in [4.78, 5) is 7.65. The normalized spacial score (nSPS) is 9.89. The molecule has 0 aliphatic carbocycles. The Morgan fingerprint density at radius 3 is 2.78 bits per heavy atom. The molecule has 0 unspecified atom stereocenters. The summed E-state index contributed by atoms with van der Waals surface area (Å²) >= 11 is 2.95. The first-order valence-corrected chi connectivity index (χ1v) is 5.54. The zero-order valence-corrected chi connectivity index (χ0v) is 10.4. The summed E-state index contributed by atoms with van der Waals surface area (Å²) in [6, 6.07) is 5.22. The molecule has 0 saturated carbocycles. The van der Waals surface area contributed by atoms with Gasteiger partial charge in [-0.15, -0.1) is 0 Å². The lowest BCUT2D eigenvalue weighted by Crippen LogP contribution is -2.00. The lowest BCUT2D eigenvalue weighted by Gasteiger charge is -2.06. The van der Waals surface area contributed by atoms with E-state index in [2.05, 4.69) is 31.2 Å². The fourth-order valence-electron chi connectivity index (χ4n) is 1.22. The number of nitrogens with zero attached hydrogens (tertiary/aromatic N) is 3. The molecule has 0 spiro atoms. The first kappa shape index (κ1) is 12.4. The van der Waals surface area contributed by atoms with Crippen LogP contribution in [-0.4, -0.2) is 9.97 Å². The van der Waals surface area contributed by atoms with Crippen LogP contribution in [0.25, 0.3) is 0 Å². The SMILES string of the molecule is N#Cc1ccnc(Nc2cc(Br)c(F)cc2F)n1. The molecule has 2 aromatic rings. The molecule has 2 rings (SSSR count). The predicted molar refractivity (Wildman–Crippen MR) is 64.1 cm³/mol. The molecular weight excluding hydrogens is 306 g/mol. The minimum absolute atomic E-state index is 0.0124. The van der Waals surface area contributed by atoms with Gasteiger partial charge in [-0.3, -0.25) is 0 Å². The van der Waals surface area contributed by atoms with E-state index >= 15 is 0 Å². The van der Waals surface area contributed by atoms with Gasteiger partial charge in [0.25, 0.3) is 0 Å². The van der Waals surface area contributed by atoms with Crippen LogP contribution in [0.3, 0.4) is 0 Å². The van der Waals surface area contributed by atoms with Crippen molar-refractivity contribution in [3.63, 3.8) is 0 Å². The van der Waals surface area contributed by atoms with E-state index < -0.39 is 11.6 Å². The Hall–Kier alpha value is -2.07. The quantitative estimate of drug-likeness (QED) is 0.866. The minimum Gasteiger partial charge on any atom is -0.322 e. The highest BCUT2D eigenvalue weighted by Gasteiger charge is 2.09. The number of benzene rings is 1. The van der Waals surface area contributed by atoms with Crippen LogP contribution in [0.15, 0.2) is 28.9 Å². The molecule has 0 aliphatic heterocycles. The zero-order chi connectivity index (χ0) is 13.1. The van der Waals surface area contributed by atoms with E-state index in [0.29, 0.717) is 0 Å². The van der Waals surface area contributed by atoms with Crippen molar-refractivity contribution in [3.05, 3.63) is 46.2 Å². The second kappa shape index (κ2) is 5.06. The Balaban J connectivity index is 2.34. The highest BCUT2D eigenvalue weighted by atomic mass is 79.9. The van der Waals surface area contributed by atoms with Crippen LogP contribution < -0.4 is 5.32 Å². The molecule has 7 heteroatoms. The van der Waals surface area contributed by atoms with Crippen LogP contribution in [0, 0.1) is 23.0 Å². The van der Waals surface area contributed by atoms with Crippen molar-refractivity contribution in [1.82, 2.24) is 9.97 Å². The standard InChI is InChI=1S/C11H5BrF2N4/c12-7-3-10(9(14)4-8(7)13)18-11-16-2-1-6(5-15)17-11/h1-4H,(H,16,17,18). The third kappa shape index (κ3) is 2.60. The number of rotatable bonds is 2. The van der Waals surface area contributed by atoms with Gasteiger partial charge < -0.3 is 5.32 Å². The summed E-state index contributed by atoms with van der Waals surface area (Å²) in [7, 11) is 0. The second-order valence-electron chi connectivity index (χ2n) is 3.25. The topological polar surface area (TPSA) is 61.6 Å². The molecule has 0 amide bonds. The van der Waals surface area contributed by atoms with Crippen molar-refractivity contribution in [3.8, 4) is 6.07 Å². The smallest absolute Gasteiger partial charge is 0.228 e. The van der Waals surface area contributed by atoms with Crippen molar-refractivity contribution in [2.45, 2.75) is 0 Å². The van der Waals surface area contributed by atoms with Crippen molar-refractivity contribution in [1.29, 1.82) is 5.26 Å². The van der Waals surface area contributed by atoms with Gasteiger partial charge in [-0.05, 0) is 28.1 Å². The number of hydrogen-bond acceptors (Lipinski definition) is 4. The summed E-state index contributed by atoms with van der Waals surface area (Å²) in [6.45, 7) is 0. The van der Waals surface area contributed by atoms with Gasteiger partial charge in [0.05, 0.1) is 10.2 Å². The fourth-order valence-corrected chi connectivity index (χ4v) is 1.56. The Morgan fingerprint density at radius 1 is 1.28 bits per heavy atom. The molecule has 0 saturated heterocycles. The molecular formula is C11H5BrF2N4. The number of aromatic nitrogens is 2. The van der Waals surface area contributed by atoms with Crippen molar-refractivity contribution in [2.75, 3.05) is 5.32 Å². The maximum Gasteiger partial charge on any atom is 0.228 e. The number of halogens is 3. The number of nitrogens with one attached hydrogen (secondary N) is 1. The third-order valence-corrected chi connectivity index (χ3v) is 2.63. The molecule has 0 radical (unpaired) electrons. The molecule has 1 N–H and O–H groups in total. The molecule has 0 fully saturated rings. The van der Waals surface area contributed by atoms with E-state index in [1.165, 1.54) is 18.3 Å². The minimum atomic E-state index is -0.776. The average molecular weight is 311 g/mol. The van der Waals surface area contributed by atoms with Gasteiger partial charge in [0, 0.05) is 12.3 Å². The molecule has 0 bridgehead atoms. The van der Waals surface area contributed by atoms with Gasteiger partial charge in [0.1, 0.15) is 23.4 Å². The largest absolute Gasteiger partial charge is 0.322 e. The second-order valence-corrected chi connectivity index (χ2v) is 4.10. The molecule has 4 nitrogen and oxygen atoms in total. The summed E-state index contributed by atoms with van der Waals surface area (Å²) in [5.74, 6) is -1.42. The van der Waals surface area contributed by atoms with Crippen molar-refractivity contribution in [2.24, 2.45) is 0 Å². The van der Waals surface area contributed by atoms with E-state index in [9.17, 15) is 8.78 Å². The Morgan fingerprint density at radius 2 is 2.06 bits per heavy atom. The number of nitriles is 1. The van der Waals surface area contributed by atoms with Gasteiger partial charge in [-0.25, -0.2) is 18.7 Å². The Kier molecular flexibility index (Phi) is 3.48. The van der Waals surface area contributed by atoms with Gasteiger partial charge in [-0.2, -0.15) is 5.26 Å². The van der Waals surface area contributed by atoms with Crippen LogP contribution in [0.5, 0.6) is 0 Å². The maximum atomic E-state index is 13.5. The summed E-state index contributed by atoms with van der Waals surface area (Å²) in [5, 5.41) is 11.2. The van der Waals surface area contributed by atoms with Crippen LogP contribution in [-0.2, 0) is 0 Å². The number of hydrogen-bond donors (Lipinski definition) is 1. The monoisotopic (exact) mass is 310 g/mol. The van der Waals surface area contributed by atoms with Gasteiger partial charge in [-0.1, -0.05) is 0 Å². The first-order chi connectivity index (χ1) is 8.60. The lowest BCUT2D eigenvalue weighted by atomic mass is 10.3. The van der Waals surface area contributed by atoms with Crippen molar-refractivity contribution >= 4 is 27.6 Å². The Labute approximate surface area is 109 Å². The van der Waals surface area contributed by atoms with Crippen LogP contribution in [0.2, 0.25) is 0 Å². The molecule has 1 aromatic carbocycles.